The number of hydrogen-bond donors (Lipinski definition) is 1. The molecule has 1 aliphatic heterocycles. The Kier molecular flexibility index (Phi) is 5.96. The maximum atomic E-state index is 12.4. The van der Waals surface area contributed by atoms with Crippen LogP contribution in [0.1, 0.15) is 53.4 Å². The van der Waals surface area contributed by atoms with E-state index in [2.05, 4.69) is 37.9 Å². The molecule has 1 aliphatic rings. The number of rotatable bonds is 6. The van der Waals surface area contributed by atoms with Crippen LogP contribution >= 0.6 is 0 Å². The summed E-state index contributed by atoms with van der Waals surface area (Å²) < 4.78 is 0. The van der Waals surface area contributed by atoms with Crippen molar-refractivity contribution in [1.29, 1.82) is 0 Å². The number of amides is 1. The summed E-state index contributed by atoms with van der Waals surface area (Å²) in [6.45, 7) is 10.4. The molecule has 1 N–H and O–H groups in total. The van der Waals surface area contributed by atoms with Gasteiger partial charge in [0.05, 0.1) is 0 Å². The van der Waals surface area contributed by atoms with Crippen LogP contribution in [-0.2, 0) is 4.79 Å². The van der Waals surface area contributed by atoms with Gasteiger partial charge < -0.3 is 10.2 Å². The van der Waals surface area contributed by atoms with Gasteiger partial charge >= 0.3 is 0 Å². The molecule has 0 spiro atoms. The molecule has 100 valence electrons. The third-order valence-corrected chi connectivity index (χ3v) is 3.63. The van der Waals surface area contributed by atoms with Crippen LogP contribution in [0.3, 0.4) is 0 Å². The van der Waals surface area contributed by atoms with Gasteiger partial charge in [-0.15, -0.1) is 0 Å². The van der Waals surface area contributed by atoms with Crippen molar-refractivity contribution in [3.8, 4) is 0 Å². The van der Waals surface area contributed by atoms with Gasteiger partial charge in [0.15, 0.2) is 0 Å². The Bertz CT molecular complexity index is 234. The second-order valence-electron chi connectivity index (χ2n) is 5.57. The zero-order valence-electron chi connectivity index (χ0n) is 11.8. The number of nitrogens with zero attached hydrogens (tertiary/aromatic N) is 1. The minimum Gasteiger partial charge on any atom is -0.338 e. The van der Waals surface area contributed by atoms with E-state index in [4.69, 9.17) is 0 Å². The molecule has 2 atom stereocenters. The van der Waals surface area contributed by atoms with Crippen LogP contribution in [0.15, 0.2) is 0 Å². The lowest BCUT2D eigenvalue weighted by atomic mass is 10.0. The number of carbonyl (C=O) groups is 1. The SMILES string of the molecule is CCCC(C)C(=O)N(CC1CCCN1)C(C)C. The lowest BCUT2D eigenvalue weighted by molar-refractivity contribution is -0.137. The van der Waals surface area contributed by atoms with Crippen LogP contribution in [0.2, 0.25) is 0 Å². The Morgan fingerprint density at radius 3 is 2.59 bits per heavy atom. The van der Waals surface area contributed by atoms with Crippen molar-refractivity contribution < 1.29 is 4.79 Å². The molecule has 0 radical (unpaired) electrons. The third-order valence-electron chi connectivity index (χ3n) is 3.63. The second kappa shape index (κ2) is 7.00. The third kappa shape index (κ3) is 4.30. The van der Waals surface area contributed by atoms with Gasteiger partial charge in [0, 0.05) is 24.5 Å². The predicted octanol–water partition coefficient (Wildman–Crippen LogP) is 2.41. The van der Waals surface area contributed by atoms with Gasteiger partial charge in [0.1, 0.15) is 0 Å². The quantitative estimate of drug-likeness (QED) is 0.773. The van der Waals surface area contributed by atoms with Gasteiger partial charge in [-0.25, -0.2) is 0 Å². The molecule has 1 saturated heterocycles. The van der Waals surface area contributed by atoms with Crippen LogP contribution in [0.25, 0.3) is 0 Å². The van der Waals surface area contributed by atoms with Crippen LogP contribution in [0.4, 0.5) is 0 Å². The highest BCUT2D eigenvalue weighted by Crippen LogP contribution is 2.15. The van der Waals surface area contributed by atoms with E-state index in [0.29, 0.717) is 18.0 Å². The Labute approximate surface area is 106 Å². The molecule has 2 unspecified atom stereocenters. The second-order valence-corrected chi connectivity index (χ2v) is 5.57. The highest BCUT2D eigenvalue weighted by atomic mass is 16.2. The standard InChI is InChI=1S/C14H28N2O/c1-5-7-12(4)14(17)16(11(2)3)10-13-8-6-9-15-13/h11-13,15H,5-10H2,1-4H3. The van der Waals surface area contributed by atoms with Gasteiger partial charge in [-0.05, 0) is 39.7 Å². The number of hydrogen-bond acceptors (Lipinski definition) is 2. The van der Waals surface area contributed by atoms with Crippen molar-refractivity contribution in [2.24, 2.45) is 5.92 Å². The predicted molar refractivity (Wildman–Crippen MR) is 71.9 cm³/mol. The zero-order chi connectivity index (χ0) is 12.8. The van der Waals surface area contributed by atoms with E-state index in [9.17, 15) is 4.79 Å². The first-order chi connectivity index (χ1) is 8.06. The first-order valence-electron chi connectivity index (χ1n) is 7.10. The summed E-state index contributed by atoms with van der Waals surface area (Å²) in [5, 5.41) is 3.47. The van der Waals surface area contributed by atoms with Gasteiger partial charge in [-0.1, -0.05) is 20.3 Å². The molecule has 0 bridgehead atoms. The minimum atomic E-state index is 0.170. The molecule has 1 fully saturated rings. The zero-order valence-corrected chi connectivity index (χ0v) is 11.8. The summed E-state index contributed by atoms with van der Waals surface area (Å²) in [7, 11) is 0. The average molecular weight is 240 g/mol. The molecule has 1 heterocycles. The molecule has 0 aromatic heterocycles. The van der Waals surface area contributed by atoms with E-state index >= 15 is 0 Å². The van der Waals surface area contributed by atoms with Crippen molar-refractivity contribution >= 4 is 5.91 Å². The van der Waals surface area contributed by atoms with Crippen molar-refractivity contribution in [3.63, 3.8) is 0 Å². The number of carbonyl (C=O) groups excluding carboxylic acids is 1. The molecule has 1 rings (SSSR count). The highest BCUT2D eigenvalue weighted by molar-refractivity contribution is 5.78. The fourth-order valence-corrected chi connectivity index (χ4v) is 2.54. The fourth-order valence-electron chi connectivity index (χ4n) is 2.54. The van der Waals surface area contributed by atoms with Crippen molar-refractivity contribution in [1.82, 2.24) is 10.2 Å². The van der Waals surface area contributed by atoms with E-state index in [1.165, 1.54) is 12.8 Å². The summed E-state index contributed by atoms with van der Waals surface area (Å²) in [6.07, 6.45) is 4.54. The summed E-state index contributed by atoms with van der Waals surface area (Å²) in [6, 6.07) is 0.819. The Morgan fingerprint density at radius 1 is 1.41 bits per heavy atom. The summed E-state index contributed by atoms with van der Waals surface area (Å²) in [5.41, 5.74) is 0. The Morgan fingerprint density at radius 2 is 2.12 bits per heavy atom. The van der Waals surface area contributed by atoms with Crippen LogP contribution < -0.4 is 5.32 Å². The van der Waals surface area contributed by atoms with E-state index < -0.39 is 0 Å². The van der Waals surface area contributed by atoms with Crippen LogP contribution in [0, 0.1) is 5.92 Å². The molecular weight excluding hydrogens is 212 g/mol. The number of nitrogens with one attached hydrogen (secondary N) is 1. The largest absolute Gasteiger partial charge is 0.338 e. The van der Waals surface area contributed by atoms with Crippen molar-refractivity contribution in [2.75, 3.05) is 13.1 Å². The van der Waals surface area contributed by atoms with Gasteiger partial charge in [0.2, 0.25) is 5.91 Å². The Balaban J connectivity index is 2.54. The summed E-state index contributed by atoms with van der Waals surface area (Å²) >= 11 is 0. The molecule has 3 heteroatoms. The maximum Gasteiger partial charge on any atom is 0.225 e. The average Bonchev–Trinajstić information content (AvgIpc) is 2.77. The Hall–Kier alpha value is -0.570. The lowest BCUT2D eigenvalue weighted by Crippen LogP contribution is -2.46. The van der Waals surface area contributed by atoms with Crippen molar-refractivity contribution in [3.05, 3.63) is 0 Å². The summed E-state index contributed by atoms with van der Waals surface area (Å²) in [4.78, 5) is 14.4. The monoisotopic (exact) mass is 240 g/mol. The first kappa shape index (κ1) is 14.5. The molecule has 0 aromatic carbocycles. The van der Waals surface area contributed by atoms with Crippen molar-refractivity contribution in [2.45, 2.75) is 65.5 Å². The maximum absolute atomic E-state index is 12.4. The topological polar surface area (TPSA) is 32.3 Å². The lowest BCUT2D eigenvalue weighted by Gasteiger charge is -2.31. The van der Waals surface area contributed by atoms with Gasteiger partial charge in [-0.2, -0.15) is 0 Å². The molecule has 1 amide bonds. The molecule has 17 heavy (non-hydrogen) atoms. The normalized spacial score (nSPS) is 21.8. The van der Waals surface area contributed by atoms with Gasteiger partial charge in [-0.3, -0.25) is 4.79 Å². The van der Waals surface area contributed by atoms with E-state index in [1.807, 2.05) is 0 Å². The van der Waals surface area contributed by atoms with Gasteiger partial charge in [0.25, 0.3) is 0 Å². The van der Waals surface area contributed by atoms with Crippen LogP contribution in [0.5, 0.6) is 0 Å². The smallest absolute Gasteiger partial charge is 0.225 e. The van der Waals surface area contributed by atoms with Crippen LogP contribution in [-0.4, -0.2) is 36.0 Å². The van der Waals surface area contributed by atoms with E-state index in [1.54, 1.807) is 0 Å². The first-order valence-corrected chi connectivity index (χ1v) is 7.10. The molecular formula is C14H28N2O. The summed E-state index contributed by atoms with van der Waals surface area (Å²) in [5.74, 6) is 0.499. The highest BCUT2D eigenvalue weighted by Gasteiger charge is 2.26. The van der Waals surface area contributed by atoms with E-state index in [0.717, 1.165) is 25.9 Å². The van der Waals surface area contributed by atoms with E-state index in [-0.39, 0.29) is 5.92 Å². The molecule has 0 saturated carbocycles. The molecule has 3 nitrogen and oxygen atoms in total. The minimum absolute atomic E-state index is 0.170. The fraction of sp³-hybridized carbons (Fsp3) is 0.929. The molecule has 0 aliphatic carbocycles. The molecule has 0 aromatic rings.